The van der Waals surface area contributed by atoms with Crippen molar-refractivity contribution in [1.82, 2.24) is 5.32 Å². The van der Waals surface area contributed by atoms with Crippen molar-refractivity contribution in [1.29, 1.82) is 0 Å². The molecule has 1 amide bonds. The summed E-state index contributed by atoms with van der Waals surface area (Å²) in [5.41, 5.74) is 6.47. The van der Waals surface area contributed by atoms with Crippen molar-refractivity contribution in [2.24, 2.45) is 11.1 Å². The lowest BCUT2D eigenvalue weighted by Crippen LogP contribution is -2.40. The van der Waals surface area contributed by atoms with Gasteiger partial charge in [-0.15, -0.1) is 0 Å². The number of carbonyl (C=O) groups is 1. The Kier molecular flexibility index (Phi) is 5.01. The number of hydrogen-bond acceptors (Lipinski definition) is 3. The zero-order valence-corrected chi connectivity index (χ0v) is 12.1. The van der Waals surface area contributed by atoms with E-state index in [9.17, 15) is 4.79 Å². The molecule has 0 aliphatic heterocycles. The van der Waals surface area contributed by atoms with E-state index in [2.05, 4.69) is 29.6 Å². The quantitative estimate of drug-likeness (QED) is 0.868. The molecule has 0 aromatic heterocycles. The molecule has 1 aliphatic rings. The van der Waals surface area contributed by atoms with E-state index in [-0.39, 0.29) is 5.41 Å². The fraction of sp³-hybridized carbons (Fsp3) is 0.562. The third-order valence-electron chi connectivity index (χ3n) is 4.40. The van der Waals surface area contributed by atoms with Crippen LogP contribution in [0.25, 0.3) is 0 Å². The molecule has 0 spiro atoms. The number of ether oxygens (including phenoxy) is 1. The summed E-state index contributed by atoms with van der Waals surface area (Å²) >= 11 is 0. The Morgan fingerprint density at radius 2 is 2.00 bits per heavy atom. The Morgan fingerprint density at radius 3 is 2.55 bits per heavy atom. The maximum atomic E-state index is 10.9. The second-order valence-corrected chi connectivity index (χ2v) is 5.83. The molecule has 1 aromatic carbocycles. The minimum Gasteiger partial charge on any atom is -0.449 e. The molecule has 3 N–H and O–H groups in total. The number of carbonyl (C=O) groups excluding carboxylic acids is 1. The molecule has 1 aliphatic carbocycles. The van der Waals surface area contributed by atoms with Gasteiger partial charge in [0.05, 0.1) is 6.61 Å². The highest BCUT2D eigenvalue weighted by Gasteiger charge is 2.36. The lowest BCUT2D eigenvalue weighted by atomic mass is 9.69. The van der Waals surface area contributed by atoms with Gasteiger partial charge in [0.25, 0.3) is 0 Å². The first kappa shape index (κ1) is 14.9. The van der Waals surface area contributed by atoms with Gasteiger partial charge in [0.2, 0.25) is 0 Å². The van der Waals surface area contributed by atoms with Crippen LogP contribution in [0.3, 0.4) is 0 Å². The van der Waals surface area contributed by atoms with E-state index in [4.69, 9.17) is 10.5 Å². The molecule has 20 heavy (non-hydrogen) atoms. The van der Waals surface area contributed by atoms with Crippen LogP contribution in [0, 0.1) is 5.41 Å². The summed E-state index contributed by atoms with van der Waals surface area (Å²) in [5, 5.41) is 3.34. The Morgan fingerprint density at radius 1 is 1.35 bits per heavy atom. The number of hydrogen-bond donors (Lipinski definition) is 2. The molecule has 4 heteroatoms. The van der Waals surface area contributed by atoms with Gasteiger partial charge in [0.1, 0.15) is 0 Å². The molecular weight excluding hydrogens is 252 g/mol. The normalized spacial score (nSPS) is 26.1. The standard InChI is InChI=1S/C16H24N2O2/c1-18-14-7-9-16(10-8-14,12-20-15(17)19)11-13-5-3-2-4-6-13/h2-6,14,18H,7-12H2,1H3,(H2,17,19). The van der Waals surface area contributed by atoms with E-state index in [0.29, 0.717) is 12.6 Å². The van der Waals surface area contributed by atoms with Crippen molar-refractivity contribution in [2.45, 2.75) is 38.1 Å². The number of primary amides is 1. The monoisotopic (exact) mass is 276 g/mol. The van der Waals surface area contributed by atoms with Crippen molar-refractivity contribution < 1.29 is 9.53 Å². The third-order valence-corrected chi connectivity index (χ3v) is 4.40. The first-order valence-electron chi connectivity index (χ1n) is 7.27. The van der Waals surface area contributed by atoms with Gasteiger partial charge < -0.3 is 15.8 Å². The van der Waals surface area contributed by atoms with Crippen LogP contribution in [0.5, 0.6) is 0 Å². The molecule has 0 atom stereocenters. The lowest BCUT2D eigenvalue weighted by molar-refractivity contribution is 0.0535. The molecule has 0 radical (unpaired) electrons. The summed E-state index contributed by atoms with van der Waals surface area (Å²) < 4.78 is 5.14. The van der Waals surface area contributed by atoms with Crippen molar-refractivity contribution >= 4 is 6.09 Å². The maximum Gasteiger partial charge on any atom is 0.404 e. The predicted octanol–water partition coefficient (Wildman–Crippen LogP) is 2.47. The number of amides is 1. The van der Waals surface area contributed by atoms with Crippen molar-refractivity contribution in [2.75, 3.05) is 13.7 Å². The van der Waals surface area contributed by atoms with Crippen LogP contribution in [0.4, 0.5) is 4.79 Å². The molecule has 1 aromatic rings. The highest BCUT2D eigenvalue weighted by Crippen LogP contribution is 2.39. The number of benzene rings is 1. The van der Waals surface area contributed by atoms with Gasteiger partial charge >= 0.3 is 6.09 Å². The third kappa shape index (κ3) is 3.97. The number of nitrogens with two attached hydrogens (primary N) is 1. The smallest absolute Gasteiger partial charge is 0.404 e. The van der Waals surface area contributed by atoms with Crippen LogP contribution < -0.4 is 11.1 Å². The van der Waals surface area contributed by atoms with E-state index in [1.807, 2.05) is 13.1 Å². The minimum atomic E-state index is -0.673. The van der Waals surface area contributed by atoms with Crippen LogP contribution in [-0.2, 0) is 11.2 Å². The number of nitrogens with one attached hydrogen (secondary N) is 1. The largest absolute Gasteiger partial charge is 0.449 e. The van der Waals surface area contributed by atoms with Gasteiger partial charge in [0.15, 0.2) is 0 Å². The van der Waals surface area contributed by atoms with Gasteiger partial charge in [-0.3, -0.25) is 0 Å². The van der Waals surface area contributed by atoms with Crippen LogP contribution >= 0.6 is 0 Å². The molecule has 2 rings (SSSR count). The van der Waals surface area contributed by atoms with Crippen molar-refractivity contribution in [3.05, 3.63) is 35.9 Å². The van der Waals surface area contributed by atoms with E-state index >= 15 is 0 Å². The van der Waals surface area contributed by atoms with Crippen LogP contribution in [0.2, 0.25) is 0 Å². The minimum absolute atomic E-state index is 0.0315. The highest BCUT2D eigenvalue weighted by molar-refractivity contribution is 5.64. The summed E-state index contributed by atoms with van der Waals surface area (Å²) in [4.78, 5) is 10.9. The molecule has 4 nitrogen and oxygen atoms in total. The molecule has 1 fully saturated rings. The van der Waals surface area contributed by atoms with E-state index in [0.717, 1.165) is 32.1 Å². The fourth-order valence-corrected chi connectivity index (χ4v) is 3.14. The average Bonchev–Trinajstić information content (AvgIpc) is 2.47. The van der Waals surface area contributed by atoms with Crippen LogP contribution in [0.15, 0.2) is 30.3 Å². The lowest BCUT2D eigenvalue weighted by Gasteiger charge is -2.39. The van der Waals surface area contributed by atoms with Gasteiger partial charge in [-0.25, -0.2) is 4.79 Å². The average molecular weight is 276 g/mol. The molecule has 0 saturated heterocycles. The second kappa shape index (κ2) is 6.75. The van der Waals surface area contributed by atoms with Crippen LogP contribution in [0.1, 0.15) is 31.2 Å². The zero-order chi connectivity index (χ0) is 14.4. The highest BCUT2D eigenvalue weighted by atomic mass is 16.5. The van der Waals surface area contributed by atoms with Gasteiger partial charge in [-0.05, 0) is 44.7 Å². The first-order valence-corrected chi connectivity index (χ1v) is 7.27. The zero-order valence-electron chi connectivity index (χ0n) is 12.1. The molecule has 0 heterocycles. The van der Waals surface area contributed by atoms with Crippen molar-refractivity contribution in [3.8, 4) is 0 Å². The Labute approximate surface area is 120 Å². The molecule has 0 unspecified atom stereocenters. The summed E-state index contributed by atoms with van der Waals surface area (Å²) in [6.45, 7) is 0.424. The first-order chi connectivity index (χ1) is 9.63. The number of rotatable bonds is 5. The summed E-state index contributed by atoms with van der Waals surface area (Å²) in [7, 11) is 2.01. The molecular formula is C16H24N2O2. The maximum absolute atomic E-state index is 10.9. The Balaban J connectivity index is 2.06. The Bertz CT molecular complexity index is 425. The topological polar surface area (TPSA) is 64.3 Å². The summed E-state index contributed by atoms with van der Waals surface area (Å²) in [5.74, 6) is 0. The SMILES string of the molecule is CNC1CCC(COC(N)=O)(Cc2ccccc2)CC1. The van der Waals surface area contributed by atoms with Crippen molar-refractivity contribution in [3.63, 3.8) is 0 Å². The Hall–Kier alpha value is -1.55. The van der Waals surface area contributed by atoms with Gasteiger partial charge in [-0.2, -0.15) is 0 Å². The van der Waals surface area contributed by atoms with E-state index in [1.54, 1.807) is 0 Å². The fourth-order valence-electron chi connectivity index (χ4n) is 3.14. The van der Waals surface area contributed by atoms with E-state index < -0.39 is 6.09 Å². The summed E-state index contributed by atoms with van der Waals surface area (Å²) in [6.07, 6.45) is 4.61. The van der Waals surface area contributed by atoms with Crippen LogP contribution in [-0.4, -0.2) is 25.8 Å². The summed E-state index contributed by atoms with van der Waals surface area (Å²) in [6, 6.07) is 11.0. The van der Waals surface area contributed by atoms with E-state index in [1.165, 1.54) is 5.56 Å². The van der Waals surface area contributed by atoms with Gasteiger partial charge in [-0.1, -0.05) is 30.3 Å². The predicted molar refractivity (Wildman–Crippen MR) is 79.4 cm³/mol. The second-order valence-electron chi connectivity index (χ2n) is 5.83. The molecule has 1 saturated carbocycles. The molecule has 110 valence electrons. The molecule has 0 bridgehead atoms. The van der Waals surface area contributed by atoms with Gasteiger partial charge in [0, 0.05) is 11.5 Å².